The van der Waals surface area contributed by atoms with Crippen LogP contribution in [0.1, 0.15) is 31.2 Å². The molecule has 27 heavy (non-hydrogen) atoms. The van der Waals surface area contributed by atoms with Crippen LogP contribution in [0.2, 0.25) is 5.02 Å². The highest BCUT2D eigenvalue weighted by atomic mass is 35.5. The summed E-state index contributed by atoms with van der Waals surface area (Å²) in [7, 11) is 0. The van der Waals surface area contributed by atoms with E-state index in [1.807, 2.05) is 12.1 Å². The topological polar surface area (TPSA) is 45.4 Å². The van der Waals surface area contributed by atoms with Gasteiger partial charge in [0.2, 0.25) is 0 Å². The number of fused-ring (bicyclic) bond motifs is 1. The van der Waals surface area contributed by atoms with Gasteiger partial charge in [-0.15, -0.1) is 0 Å². The molecule has 4 nitrogen and oxygen atoms in total. The molecule has 4 rings (SSSR count). The predicted molar refractivity (Wildman–Crippen MR) is 109 cm³/mol. The van der Waals surface area contributed by atoms with Crippen LogP contribution in [-0.4, -0.2) is 41.6 Å². The Hall–Kier alpha value is -1.85. The van der Waals surface area contributed by atoms with Gasteiger partial charge in [0.05, 0.1) is 11.9 Å². The van der Waals surface area contributed by atoms with E-state index < -0.39 is 0 Å². The third-order valence-corrected chi connectivity index (χ3v) is 6.12. The Labute approximate surface area is 165 Å². The zero-order chi connectivity index (χ0) is 18.8. The number of pyridine rings is 1. The van der Waals surface area contributed by atoms with Crippen molar-refractivity contribution in [2.24, 2.45) is 0 Å². The molecular weight excluding hydrogens is 363 g/mol. The highest BCUT2D eigenvalue weighted by molar-refractivity contribution is 6.30. The number of anilines is 2. The van der Waals surface area contributed by atoms with Crippen molar-refractivity contribution in [3.05, 3.63) is 52.9 Å². The quantitative estimate of drug-likeness (QED) is 0.855. The number of rotatable bonds is 4. The Morgan fingerprint density at radius 3 is 2.93 bits per heavy atom. The Bertz CT molecular complexity index is 800. The average molecular weight is 389 g/mol. The lowest BCUT2D eigenvalue weighted by Crippen LogP contribution is -2.58. The van der Waals surface area contributed by atoms with Gasteiger partial charge in [-0.1, -0.05) is 30.2 Å². The third kappa shape index (κ3) is 4.19. The summed E-state index contributed by atoms with van der Waals surface area (Å²) in [6.45, 7) is 2.80. The van der Waals surface area contributed by atoms with Gasteiger partial charge < -0.3 is 10.6 Å². The van der Waals surface area contributed by atoms with Crippen LogP contribution in [0.4, 0.5) is 15.9 Å². The molecule has 6 heteroatoms. The van der Waals surface area contributed by atoms with Crippen LogP contribution in [-0.2, 0) is 6.42 Å². The van der Waals surface area contributed by atoms with Crippen molar-refractivity contribution in [2.75, 3.05) is 30.3 Å². The van der Waals surface area contributed by atoms with Gasteiger partial charge in [0.25, 0.3) is 0 Å². The lowest BCUT2D eigenvalue weighted by molar-refractivity contribution is 0.0672. The first-order valence-electron chi connectivity index (χ1n) is 9.76. The van der Waals surface area contributed by atoms with Crippen LogP contribution in [0.3, 0.4) is 0 Å². The fraction of sp³-hybridized carbons (Fsp3) is 0.476. The second-order valence-corrected chi connectivity index (χ2v) is 8.09. The summed E-state index contributed by atoms with van der Waals surface area (Å²) in [5, 5.41) is 0.812. The second kappa shape index (κ2) is 8.03. The summed E-state index contributed by atoms with van der Waals surface area (Å²) in [6, 6.07) is 10.7. The van der Waals surface area contributed by atoms with Crippen molar-refractivity contribution < 1.29 is 4.39 Å². The van der Waals surface area contributed by atoms with Gasteiger partial charge in [0.15, 0.2) is 5.82 Å². The predicted octanol–water partition coefficient (Wildman–Crippen LogP) is 4.13. The molecule has 0 amide bonds. The zero-order valence-electron chi connectivity index (χ0n) is 15.5. The first-order valence-corrected chi connectivity index (χ1v) is 10.1. The molecule has 0 spiro atoms. The summed E-state index contributed by atoms with van der Waals surface area (Å²) in [6.07, 6.45) is 7.19. The van der Waals surface area contributed by atoms with Crippen LogP contribution in [0.5, 0.6) is 0 Å². The zero-order valence-corrected chi connectivity index (χ0v) is 16.2. The fourth-order valence-electron chi connectivity index (χ4n) is 4.60. The van der Waals surface area contributed by atoms with E-state index in [9.17, 15) is 4.39 Å². The molecule has 2 atom stereocenters. The summed E-state index contributed by atoms with van der Waals surface area (Å²) < 4.78 is 13.3. The number of aromatic nitrogens is 1. The van der Waals surface area contributed by atoms with Gasteiger partial charge in [-0.2, -0.15) is 0 Å². The molecule has 2 unspecified atom stereocenters. The SMILES string of the molecule is Nc1cc(F)cnc1N1CCN2C(CCc3cccc(Cl)c3)CCCC2C1. The maximum atomic E-state index is 13.3. The normalized spacial score (nSPS) is 23.3. The molecule has 1 aromatic heterocycles. The van der Waals surface area contributed by atoms with Crippen molar-refractivity contribution in [3.63, 3.8) is 0 Å². The lowest BCUT2D eigenvalue weighted by atomic mass is 9.90. The number of piperidine rings is 1. The smallest absolute Gasteiger partial charge is 0.152 e. The molecule has 2 saturated heterocycles. The minimum atomic E-state index is -0.381. The maximum Gasteiger partial charge on any atom is 0.152 e. The average Bonchev–Trinajstić information content (AvgIpc) is 2.66. The third-order valence-electron chi connectivity index (χ3n) is 5.89. The van der Waals surface area contributed by atoms with E-state index >= 15 is 0 Å². The molecule has 2 aromatic rings. The Morgan fingerprint density at radius 2 is 2.11 bits per heavy atom. The molecule has 0 radical (unpaired) electrons. The highest BCUT2D eigenvalue weighted by Crippen LogP contribution is 2.31. The second-order valence-electron chi connectivity index (χ2n) is 7.66. The fourth-order valence-corrected chi connectivity index (χ4v) is 4.82. The van der Waals surface area contributed by atoms with E-state index in [4.69, 9.17) is 17.3 Å². The summed E-state index contributed by atoms with van der Waals surface area (Å²) in [5.41, 5.74) is 7.74. The first-order chi connectivity index (χ1) is 13.1. The van der Waals surface area contributed by atoms with Crippen LogP contribution in [0, 0.1) is 5.82 Å². The standard InChI is InChI=1S/C21H26ClFN4/c22-16-4-1-3-15(11-16)7-8-18-5-2-6-19-14-26(9-10-27(18)19)21-20(24)12-17(23)13-25-21/h1,3-4,11-13,18-19H,2,5-10,14,24H2. The molecule has 144 valence electrons. The molecular formula is C21H26ClFN4. The molecule has 0 saturated carbocycles. The van der Waals surface area contributed by atoms with Gasteiger partial charge >= 0.3 is 0 Å². The molecule has 2 aliphatic rings. The number of nitrogens with zero attached hydrogens (tertiary/aromatic N) is 3. The highest BCUT2D eigenvalue weighted by Gasteiger charge is 2.35. The van der Waals surface area contributed by atoms with Crippen LogP contribution >= 0.6 is 11.6 Å². The molecule has 2 N–H and O–H groups in total. The van der Waals surface area contributed by atoms with E-state index in [-0.39, 0.29) is 5.82 Å². The summed E-state index contributed by atoms with van der Waals surface area (Å²) in [5.74, 6) is 0.339. The van der Waals surface area contributed by atoms with Gasteiger partial charge in [-0.05, 0) is 43.4 Å². The number of piperazine rings is 1. The Morgan fingerprint density at radius 1 is 1.22 bits per heavy atom. The number of halogens is 2. The van der Waals surface area contributed by atoms with Crippen molar-refractivity contribution in [1.29, 1.82) is 0 Å². The summed E-state index contributed by atoms with van der Waals surface area (Å²) >= 11 is 6.12. The number of nitrogens with two attached hydrogens (primary N) is 1. The van der Waals surface area contributed by atoms with Crippen LogP contribution in [0.15, 0.2) is 36.5 Å². The summed E-state index contributed by atoms with van der Waals surface area (Å²) in [4.78, 5) is 9.13. The van der Waals surface area contributed by atoms with Crippen molar-refractivity contribution in [2.45, 2.75) is 44.2 Å². The van der Waals surface area contributed by atoms with E-state index in [0.29, 0.717) is 17.8 Å². The largest absolute Gasteiger partial charge is 0.396 e. The minimum absolute atomic E-state index is 0.381. The molecule has 0 aliphatic carbocycles. The van der Waals surface area contributed by atoms with Crippen molar-refractivity contribution in [1.82, 2.24) is 9.88 Å². The van der Waals surface area contributed by atoms with Gasteiger partial charge in [-0.3, -0.25) is 4.90 Å². The number of benzene rings is 1. The number of hydrogen-bond donors (Lipinski definition) is 1. The molecule has 2 fully saturated rings. The first kappa shape index (κ1) is 18.5. The Balaban J connectivity index is 1.40. The molecule has 1 aromatic carbocycles. The van der Waals surface area contributed by atoms with Gasteiger partial charge in [-0.25, -0.2) is 9.37 Å². The number of aryl methyl sites for hydroxylation is 1. The van der Waals surface area contributed by atoms with Crippen LogP contribution in [0.25, 0.3) is 0 Å². The van der Waals surface area contributed by atoms with E-state index in [1.165, 1.54) is 37.1 Å². The van der Waals surface area contributed by atoms with Gasteiger partial charge in [0, 0.05) is 42.8 Å². The maximum absolute atomic E-state index is 13.3. The lowest BCUT2D eigenvalue weighted by Gasteiger charge is -2.49. The Kier molecular flexibility index (Phi) is 5.50. The van der Waals surface area contributed by atoms with Crippen molar-refractivity contribution >= 4 is 23.1 Å². The van der Waals surface area contributed by atoms with Gasteiger partial charge in [0.1, 0.15) is 5.82 Å². The molecule has 2 aliphatic heterocycles. The number of hydrogen-bond acceptors (Lipinski definition) is 4. The van der Waals surface area contributed by atoms with Crippen molar-refractivity contribution in [3.8, 4) is 0 Å². The monoisotopic (exact) mass is 388 g/mol. The van der Waals surface area contributed by atoms with E-state index in [2.05, 4.69) is 26.9 Å². The van der Waals surface area contributed by atoms with E-state index in [1.54, 1.807) is 0 Å². The van der Waals surface area contributed by atoms with Crippen LogP contribution < -0.4 is 10.6 Å². The molecule has 0 bridgehead atoms. The number of nitrogen functional groups attached to an aromatic ring is 1. The van der Waals surface area contributed by atoms with E-state index in [0.717, 1.165) is 43.3 Å². The molecule has 3 heterocycles. The minimum Gasteiger partial charge on any atom is -0.396 e.